The summed E-state index contributed by atoms with van der Waals surface area (Å²) in [6, 6.07) is 0. The molecule has 3 atom stereocenters. The molecule has 2 fully saturated rings. The standard InChI is InChI=1S/C27H47N3/c1-20-10-11-22(17-20)24-25(28)29-19-23(30-24)18-21-9-7-6-8-13-26(2,3)15-16-27(4,5)14-12-21/h19-22H,6-18H2,1-5H3,(H2,28,29). The number of nitrogens with zero attached hydrogens (tertiary/aromatic N) is 2. The van der Waals surface area contributed by atoms with E-state index in [4.69, 9.17) is 10.7 Å². The molecule has 3 nitrogen and oxygen atoms in total. The summed E-state index contributed by atoms with van der Waals surface area (Å²) in [4.78, 5) is 9.66. The van der Waals surface area contributed by atoms with Gasteiger partial charge in [-0.15, -0.1) is 0 Å². The van der Waals surface area contributed by atoms with Gasteiger partial charge in [-0.25, -0.2) is 4.98 Å². The van der Waals surface area contributed by atoms with Crippen molar-refractivity contribution in [2.45, 2.75) is 124 Å². The fourth-order valence-corrected chi connectivity index (χ4v) is 5.68. The molecule has 0 aliphatic heterocycles. The predicted molar refractivity (Wildman–Crippen MR) is 129 cm³/mol. The van der Waals surface area contributed by atoms with Crippen molar-refractivity contribution in [3.63, 3.8) is 0 Å². The summed E-state index contributed by atoms with van der Waals surface area (Å²) in [5.74, 6) is 2.70. The average Bonchev–Trinajstić information content (AvgIpc) is 3.11. The lowest BCUT2D eigenvalue weighted by atomic mass is 9.73. The summed E-state index contributed by atoms with van der Waals surface area (Å²) < 4.78 is 0. The van der Waals surface area contributed by atoms with E-state index in [0.29, 0.717) is 22.6 Å². The van der Waals surface area contributed by atoms with Crippen LogP contribution in [0.2, 0.25) is 0 Å². The molecule has 0 amide bonds. The van der Waals surface area contributed by atoms with Gasteiger partial charge in [0.2, 0.25) is 0 Å². The van der Waals surface area contributed by atoms with Gasteiger partial charge < -0.3 is 5.73 Å². The van der Waals surface area contributed by atoms with E-state index in [-0.39, 0.29) is 0 Å². The van der Waals surface area contributed by atoms with Gasteiger partial charge in [-0.2, -0.15) is 0 Å². The van der Waals surface area contributed by atoms with Crippen molar-refractivity contribution in [2.75, 3.05) is 5.73 Å². The maximum atomic E-state index is 6.25. The first kappa shape index (κ1) is 23.5. The number of anilines is 1. The second-order valence-electron chi connectivity index (χ2n) is 12.3. The first-order valence-corrected chi connectivity index (χ1v) is 12.7. The van der Waals surface area contributed by atoms with Gasteiger partial charge in [-0.3, -0.25) is 4.98 Å². The first-order valence-electron chi connectivity index (χ1n) is 12.7. The lowest BCUT2D eigenvalue weighted by molar-refractivity contribution is 0.192. The average molecular weight is 414 g/mol. The van der Waals surface area contributed by atoms with Crippen LogP contribution in [0.3, 0.4) is 0 Å². The van der Waals surface area contributed by atoms with Crippen LogP contribution in [0, 0.1) is 22.7 Å². The monoisotopic (exact) mass is 413 g/mol. The van der Waals surface area contributed by atoms with Crippen LogP contribution in [-0.2, 0) is 6.42 Å². The van der Waals surface area contributed by atoms with E-state index in [0.717, 1.165) is 24.0 Å². The molecular weight excluding hydrogens is 366 g/mol. The maximum absolute atomic E-state index is 6.25. The lowest BCUT2D eigenvalue weighted by Crippen LogP contribution is -2.21. The molecule has 1 aromatic heterocycles. The molecule has 1 heterocycles. The van der Waals surface area contributed by atoms with E-state index in [9.17, 15) is 0 Å². The van der Waals surface area contributed by atoms with Crippen LogP contribution in [0.4, 0.5) is 5.82 Å². The zero-order valence-electron chi connectivity index (χ0n) is 20.5. The summed E-state index contributed by atoms with van der Waals surface area (Å²) in [6.07, 6.45) is 18.9. The third-order valence-corrected chi connectivity index (χ3v) is 8.13. The first-order chi connectivity index (χ1) is 14.1. The Morgan fingerprint density at radius 1 is 0.900 bits per heavy atom. The highest BCUT2D eigenvalue weighted by Gasteiger charge is 2.28. The molecule has 2 aliphatic rings. The Hall–Kier alpha value is -1.12. The number of hydrogen-bond donors (Lipinski definition) is 1. The van der Waals surface area contributed by atoms with Crippen LogP contribution >= 0.6 is 0 Å². The van der Waals surface area contributed by atoms with Crippen molar-refractivity contribution >= 4 is 5.82 Å². The molecular formula is C27H47N3. The van der Waals surface area contributed by atoms with Crippen molar-refractivity contribution in [3.8, 4) is 0 Å². The second-order valence-corrected chi connectivity index (χ2v) is 12.3. The summed E-state index contributed by atoms with van der Waals surface area (Å²) in [7, 11) is 0. The molecule has 0 aromatic carbocycles. The number of rotatable bonds is 3. The lowest BCUT2D eigenvalue weighted by Gasteiger charge is -2.33. The predicted octanol–water partition coefficient (Wildman–Crippen LogP) is 7.70. The zero-order chi connectivity index (χ0) is 21.8. The third-order valence-electron chi connectivity index (χ3n) is 8.13. The Morgan fingerprint density at radius 3 is 2.33 bits per heavy atom. The van der Waals surface area contributed by atoms with Gasteiger partial charge in [0.15, 0.2) is 0 Å². The van der Waals surface area contributed by atoms with Crippen LogP contribution in [0.1, 0.15) is 129 Å². The van der Waals surface area contributed by atoms with Crippen LogP contribution in [0.15, 0.2) is 6.20 Å². The fraction of sp³-hybridized carbons (Fsp3) is 0.852. The largest absolute Gasteiger partial charge is 0.382 e. The second kappa shape index (κ2) is 10.0. The number of nitrogen functional groups attached to an aromatic ring is 1. The van der Waals surface area contributed by atoms with Gasteiger partial charge >= 0.3 is 0 Å². The summed E-state index contributed by atoms with van der Waals surface area (Å²) >= 11 is 0. The van der Waals surface area contributed by atoms with Gasteiger partial charge in [0.05, 0.1) is 17.6 Å². The molecule has 3 rings (SSSR count). The molecule has 170 valence electrons. The third kappa shape index (κ3) is 6.95. The quantitative estimate of drug-likeness (QED) is 0.552. The van der Waals surface area contributed by atoms with E-state index >= 15 is 0 Å². The Kier molecular flexibility index (Phi) is 7.85. The summed E-state index contributed by atoms with van der Waals surface area (Å²) in [6.45, 7) is 12.3. The van der Waals surface area contributed by atoms with Crippen molar-refractivity contribution in [3.05, 3.63) is 17.6 Å². The highest BCUT2D eigenvalue weighted by atomic mass is 14.9. The Bertz CT molecular complexity index is 679. The van der Waals surface area contributed by atoms with E-state index in [2.05, 4.69) is 39.6 Å². The number of hydrogen-bond acceptors (Lipinski definition) is 3. The molecule has 0 radical (unpaired) electrons. The summed E-state index contributed by atoms with van der Waals surface area (Å²) in [5, 5.41) is 0. The van der Waals surface area contributed by atoms with Gasteiger partial charge in [0.25, 0.3) is 0 Å². The molecule has 1 aromatic rings. The van der Waals surface area contributed by atoms with E-state index in [1.54, 1.807) is 0 Å². The zero-order valence-corrected chi connectivity index (χ0v) is 20.5. The van der Waals surface area contributed by atoms with Gasteiger partial charge in [-0.1, -0.05) is 66.7 Å². The van der Waals surface area contributed by atoms with Gasteiger partial charge in [0.1, 0.15) is 5.82 Å². The van der Waals surface area contributed by atoms with Crippen LogP contribution in [0.25, 0.3) is 0 Å². The SMILES string of the molecule is CC1CCC(c2nc(CC3CCCCCC(C)(C)CCC(C)(C)CC3)cnc2N)C1. The van der Waals surface area contributed by atoms with E-state index in [1.165, 1.54) is 82.7 Å². The minimum absolute atomic E-state index is 0.437. The summed E-state index contributed by atoms with van der Waals surface area (Å²) in [5.41, 5.74) is 9.45. The van der Waals surface area contributed by atoms with Crippen LogP contribution in [-0.4, -0.2) is 9.97 Å². The van der Waals surface area contributed by atoms with E-state index < -0.39 is 0 Å². The Labute approximate surface area is 186 Å². The highest BCUT2D eigenvalue weighted by molar-refractivity contribution is 5.37. The molecule has 3 heteroatoms. The molecule has 0 bridgehead atoms. The Balaban J connectivity index is 1.67. The number of aromatic nitrogens is 2. The number of nitrogens with two attached hydrogens (primary N) is 1. The molecule has 2 N–H and O–H groups in total. The van der Waals surface area contributed by atoms with E-state index in [1.807, 2.05) is 6.20 Å². The van der Waals surface area contributed by atoms with Crippen molar-refractivity contribution < 1.29 is 0 Å². The molecule has 0 saturated heterocycles. The Morgan fingerprint density at radius 2 is 1.63 bits per heavy atom. The topological polar surface area (TPSA) is 51.8 Å². The molecule has 2 aliphatic carbocycles. The normalized spacial score (nSPS) is 30.4. The van der Waals surface area contributed by atoms with Gasteiger partial charge in [0, 0.05) is 5.92 Å². The molecule has 30 heavy (non-hydrogen) atoms. The van der Waals surface area contributed by atoms with Crippen molar-refractivity contribution in [1.29, 1.82) is 0 Å². The minimum Gasteiger partial charge on any atom is -0.382 e. The van der Waals surface area contributed by atoms with Crippen molar-refractivity contribution in [1.82, 2.24) is 9.97 Å². The molecule has 2 saturated carbocycles. The molecule has 0 spiro atoms. The fourth-order valence-electron chi connectivity index (χ4n) is 5.68. The molecule has 3 unspecified atom stereocenters. The minimum atomic E-state index is 0.437. The smallest absolute Gasteiger partial charge is 0.145 e. The van der Waals surface area contributed by atoms with Crippen LogP contribution < -0.4 is 5.73 Å². The van der Waals surface area contributed by atoms with Crippen molar-refractivity contribution in [2.24, 2.45) is 22.7 Å². The maximum Gasteiger partial charge on any atom is 0.145 e. The highest BCUT2D eigenvalue weighted by Crippen LogP contribution is 2.40. The van der Waals surface area contributed by atoms with Crippen LogP contribution in [0.5, 0.6) is 0 Å². The van der Waals surface area contributed by atoms with Gasteiger partial charge in [-0.05, 0) is 74.0 Å².